The first kappa shape index (κ1) is 19.8. The Morgan fingerprint density at radius 3 is 2.55 bits per heavy atom. The van der Waals surface area contributed by atoms with E-state index in [0.717, 1.165) is 31.5 Å². The van der Waals surface area contributed by atoms with Gasteiger partial charge < -0.3 is 9.47 Å². The predicted octanol–water partition coefficient (Wildman–Crippen LogP) is 3.53. The Kier molecular flexibility index (Phi) is 5.25. The fourth-order valence-corrected chi connectivity index (χ4v) is 4.19. The topological polar surface area (TPSA) is 65.1 Å². The van der Waals surface area contributed by atoms with Crippen LogP contribution in [0, 0.1) is 5.92 Å². The summed E-state index contributed by atoms with van der Waals surface area (Å²) in [7, 11) is 1.69. The molecule has 0 aliphatic carbocycles. The van der Waals surface area contributed by atoms with E-state index in [1.807, 2.05) is 28.8 Å². The van der Waals surface area contributed by atoms with Gasteiger partial charge in [0.1, 0.15) is 0 Å². The molecule has 0 unspecified atom stereocenters. The summed E-state index contributed by atoms with van der Waals surface area (Å²) < 4.78 is 4.83. The van der Waals surface area contributed by atoms with Crippen LogP contribution in [0.1, 0.15) is 33.1 Å². The van der Waals surface area contributed by atoms with Crippen molar-refractivity contribution in [3.63, 3.8) is 0 Å². The first-order valence-corrected chi connectivity index (χ1v) is 10.5. The fraction of sp³-hybridized carbons (Fsp3) is 0.476. The number of rotatable bonds is 5. The monoisotopic (exact) mass is 415 g/mol. The number of fused-ring (bicyclic) bond motifs is 3. The van der Waals surface area contributed by atoms with E-state index < -0.39 is 0 Å². The third-order valence-electron chi connectivity index (χ3n) is 5.57. The maximum Gasteiger partial charge on any atom is 0.332 e. The van der Waals surface area contributed by atoms with Gasteiger partial charge in [0, 0.05) is 37.4 Å². The van der Waals surface area contributed by atoms with Crippen molar-refractivity contribution in [3.8, 4) is 0 Å². The number of imidazole rings is 1. The molecule has 0 N–H and O–H groups in total. The molecule has 0 saturated carbocycles. The molecule has 4 rings (SSSR count). The molecule has 0 radical (unpaired) electrons. The maximum absolute atomic E-state index is 13.3. The van der Waals surface area contributed by atoms with Crippen LogP contribution >= 0.6 is 11.6 Å². The minimum Gasteiger partial charge on any atom is -0.312 e. The van der Waals surface area contributed by atoms with Gasteiger partial charge in [-0.3, -0.25) is 13.9 Å². The molecule has 0 bridgehead atoms. The quantitative estimate of drug-likeness (QED) is 0.598. The van der Waals surface area contributed by atoms with Gasteiger partial charge in [-0.15, -0.1) is 0 Å². The van der Waals surface area contributed by atoms with Crippen molar-refractivity contribution in [2.45, 2.75) is 46.2 Å². The lowest BCUT2D eigenvalue weighted by molar-refractivity contribution is 0.457. The average molecular weight is 416 g/mol. The van der Waals surface area contributed by atoms with Crippen molar-refractivity contribution >= 4 is 34.4 Å². The predicted molar refractivity (Wildman–Crippen MR) is 116 cm³/mol. The second kappa shape index (κ2) is 7.71. The Bertz CT molecular complexity index is 1160. The summed E-state index contributed by atoms with van der Waals surface area (Å²) >= 11 is 6.05. The van der Waals surface area contributed by atoms with E-state index in [1.54, 1.807) is 7.05 Å². The largest absolute Gasteiger partial charge is 0.332 e. The Labute approximate surface area is 174 Å². The van der Waals surface area contributed by atoms with Crippen molar-refractivity contribution < 1.29 is 0 Å². The number of hydrogen-bond acceptors (Lipinski definition) is 4. The molecular formula is C21H26ClN5O2. The van der Waals surface area contributed by atoms with Crippen molar-refractivity contribution in [3.05, 3.63) is 50.1 Å². The van der Waals surface area contributed by atoms with Gasteiger partial charge in [-0.1, -0.05) is 38.3 Å². The van der Waals surface area contributed by atoms with Crippen LogP contribution in [0.15, 0.2) is 33.9 Å². The summed E-state index contributed by atoms with van der Waals surface area (Å²) in [6.45, 7) is 6.16. The zero-order valence-corrected chi connectivity index (χ0v) is 17.8. The number of aromatic nitrogens is 4. The van der Waals surface area contributed by atoms with Crippen molar-refractivity contribution in [2.24, 2.45) is 13.0 Å². The molecule has 1 aliphatic heterocycles. The molecular weight excluding hydrogens is 390 g/mol. The van der Waals surface area contributed by atoms with Gasteiger partial charge >= 0.3 is 5.69 Å². The minimum absolute atomic E-state index is 0.247. The molecule has 3 aromatic rings. The molecule has 0 amide bonds. The van der Waals surface area contributed by atoms with Gasteiger partial charge in [0.05, 0.1) is 0 Å². The van der Waals surface area contributed by atoms with Crippen molar-refractivity contribution in [1.82, 2.24) is 18.7 Å². The molecule has 1 aliphatic rings. The molecule has 1 aromatic carbocycles. The Hall–Kier alpha value is -2.54. The number of halogens is 1. The van der Waals surface area contributed by atoms with E-state index in [1.165, 1.54) is 9.13 Å². The Balaban J connectivity index is 1.91. The lowest BCUT2D eigenvalue weighted by Gasteiger charge is -2.33. The van der Waals surface area contributed by atoms with Crippen LogP contribution in [0.3, 0.4) is 0 Å². The standard InChI is InChI=1S/C21H26ClN5O2/c1-4-5-6-11-25-19(28)17-18(24(3)21(25)29)23-20-26(12-14(2)13-27(17)20)16-9-7-15(22)8-10-16/h7-10,14H,4-6,11-13H2,1-3H3/t14-/m1/s1. The zero-order valence-electron chi connectivity index (χ0n) is 17.1. The zero-order chi connectivity index (χ0) is 20.7. The highest BCUT2D eigenvalue weighted by Crippen LogP contribution is 2.33. The van der Waals surface area contributed by atoms with Gasteiger partial charge in [0.25, 0.3) is 5.56 Å². The molecule has 0 fully saturated rings. The van der Waals surface area contributed by atoms with Crippen molar-refractivity contribution in [1.29, 1.82) is 0 Å². The number of hydrogen-bond donors (Lipinski definition) is 0. The fourth-order valence-electron chi connectivity index (χ4n) is 4.06. The first-order valence-electron chi connectivity index (χ1n) is 10.2. The molecule has 154 valence electrons. The number of unbranched alkanes of at least 4 members (excludes halogenated alkanes) is 2. The molecule has 7 nitrogen and oxygen atoms in total. The second-order valence-electron chi connectivity index (χ2n) is 7.89. The van der Waals surface area contributed by atoms with Gasteiger partial charge in [0.15, 0.2) is 11.2 Å². The molecule has 0 spiro atoms. The first-order chi connectivity index (χ1) is 13.9. The van der Waals surface area contributed by atoms with Gasteiger partial charge in [-0.2, -0.15) is 4.98 Å². The molecule has 8 heteroatoms. The number of benzene rings is 1. The van der Waals surface area contributed by atoms with Crippen LogP contribution in [-0.4, -0.2) is 25.2 Å². The normalized spacial score (nSPS) is 16.4. The molecule has 2 aromatic heterocycles. The summed E-state index contributed by atoms with van der Waals surface area (Å²) in [5.74, 6) is 1.01. The summed E-state index contributed by atoms with van der Waals surface area (Å²) in [6, 6.07) is 7.59. The molecule has 29 heavy (non-hydrogen) atoms. The van der Waals surface area contributed by atoms with E-state index in [-0.39, 0.29) is 11.2 Å². The Morgan fingerprint density at radius 2 is 1.86 bits per heavy atom. The molecule has 0 saturated heterocycles. The number of aryl methyl sites for hydroxylation is 1. The third kappa shape index (κ3) is 3.37. The highest BCUT2D eigenvalue weighted by atomic mass is 35.5. The molecule has 1 atom stereocenters. The maximum atomic E-state index is 13.3. The van der Waals surface area contributed by atoms with E-state index in [4.69, 9.17) is 16.6 Å². The summed E-state index contributed by atoms with van der Waals surface area (Å²) in [5, 5.41) is 0.671. The average Bonchev–Trinajstić information content (AvgIpc) is 3.08. The van der Waals surface area contributed by atoms with Crippen LogP contribution in [0.25, 0.3) is 11.2 Å². The Morgan fingerprint density at radius 1 is 1.14 bits per heavy atom. The lowest BCUT2D eigenvalue weighted by Crippen LogP contribution is -2.40. The SMILES string of the molecule is CCCCCn1c(=O)c2c(nc3n2C[C@H](C)CN3c2ccc(Cl)cc2)n(C)c1=O. The van der Waals surface area contributed by atoms with Gasteiger partial charge in [-0.05, 0) is 36.6 Å². The van der Waals surface area contributed by atoms with Crippen molar-refractivity contribution in [2.75, 3.05) is 11.4 Å². The second-order valence-corrected chi connectivity index (χ2v) is 8.33. The van der Waals surface area contributed by atoms with E-state index in [9.17, 15) is 9.59 Å². The van der Waals surface area contributed by atoms with Crippen LogP contribution < -0.4 is 16.1 Å². The lowest BCUT2D eigenvalue weighted by atomic mass is 10.1. The van der Waals surface area contributed by atoms with E-state index in [0.29, 0.717) is 41.1 Å². The van der Waals surface area contributed by atoms with E-state index >= 15 is 0 Å². The summed E-state index contributed by atoms with van der Waals surface area (Å²) in [4.78, 5) is 32.9. The highest BCUT2D eigenvalue weighted by Gasteiger charge is 2.29. The summed E-state index contributed by atoms with van der Waals surface area (Å²) in [6.07, 6.45) is 2.83. The van der Waals surface area contributed by atoms with Crippen LogP contribution in [-0.2, 0) is 20.1 Å². The van der Waals surface area contributed by atoms with Crippen LogP contribution in [0.4, 0.5) is 11.6 Å². The van der Waals surface area contributed by atoms with Gasteiger partial charge in [0.2, 0.25) is 5.95 Å². The highest BCUT2D eigenvalue weighted by molar-refractivity contribution is 6.30. The van der Waals surface area contributed by atoms with E-state index in [2.05, 4.69) is 18.7 Å². The third-order valence-corrected chi connectivity index (χ3v) is 5.82. The van der Waals surface area contributed by atoms with Crippen LogP contribution in [0.5, 0.6) is 0 Å². The minimum atomic E-state index is -0.305. The molecule has 3 heterocycles. The number of nitrogens with zero attached hydrogens (tertiary/aromatic N) is 5. The van der Waals surface area contributed by atoms with Crippen LogP contribution in [0.2, 0.25) is 5.02 Å². The van der Waals surface area contributed by atoms with Gasteiger partial charge in [-0.25, -0.2) is 4.79 Å². The summed E-state index contributed by atoms with van der Waals surface area (Å²) in [5.41, 5.74) is 1.35. The smallest absolute Gasteiger partial charge is 0.312 e. The number of anilines is 2.